The second-order valence-corrected chi connectivity index (χ2v) is 7.72. The van der Waals surface area contributed by atoms with Crippen molar-refractivity contribution in [3.8, 4) is 0 Å². The van der Waals surface area contributed by atoms with Gasteiger partial charge in [-0.25, -0.2) is 13.1 Å². The Morgan fingerprint density at radius 2 is 2.05 bits per heavy atom. The molecule has 2 aliphatic heterocycles. The van der Waals surface area contributed by atoms with Gasteiger partial charge in [0.2, 0.25) is 10.0 Å². The average molecular weight is 311 g/mol. The monoisotopic (exact) mass is 311 g/mol. The van der Waals surface area contributed by atoms with Crippen molar-refractivity contribution in [2.24, 2.45) is 0 Å². The van der Waals surface area contributed by atoms with Gasteiger partial charge in [-0.3, -0.25) is 0 Å². The number of nitrogens with one attached hydrogen (secondary N) is 1. The number of hydrogen-bond donors (Lipinski definition) is 2. The maximum Gasteiger partial charge on any atom is 0.241 e. The van der Waals surface area contributed by atoms with Gasteiger partial charge in [0.1, 0.15) is 0 Å². The summed E-state index contributed by atoms with van der Waals surface area (Å²) in [4.78, 5) is 0.250. The van der Waals surface area contributed by atoms with Crippen LogP contribution >= 0.6 is 0 Å². The van der Waals surface area contributed by atoms with Crippen LogP contribution in [0.2, 0.25) is 0 Å². The average Bonchev–Trinajstić information content (AvgIpc) is 3.00. The van der Waals surface area contributed by atoms with Crippen LogP contribution in [0.5, 0.6) is 0 Å². The lowest BCUT2D eigenvalue weighted by atomic mass is 9.96. The van der Waals surface area contributed by atoms with Gasteiger partial charge >= 0.3 is 0 Å². The van der Waals surface area contributed by atoms with Crippen LogP contribution in [-0.2, 0) is 21.4 Å². The fraction of sp³-hybridized carbons (Fsp3) is 0.600. The fourth-order valence-electron chi connectivity index (χ4n) is 3.36. The molecule has 21 heavy (non-hydrogen) atoms. The molecular weight excluding hydrogens is 290 g/mol. The number of sulfonamides is 1. The summed E-state index contributed by atoms with van der Waals surface area (Å²) in [5.74, 6) is 0. The number of hydrogen-bond acceptors (Lipinski definition) is 4. The predicted molar refractivity (Wildman–Crippen MR) is 78.5 cm³/mol. The van der Waals surface area contributed by atoms with E-state index >= 15 is 0 Å². The summed E-state index contributed by atoms with van der Waals surface area (Å²) in [5.41, 5.74) is 2.24. The maximum atomic E-state index is 12.6. The third kappa shape index (κ3) is 2.73. The summed E-state index contributed by atoms with van der Waals surface area (Å²) in [6.07, 6.45) is 2.91. The van der Waals surface area contributed by atoms with E-state index in [0.717, 1.165) is 24.8 Å². The molecule has 3 atom stereocenters. The molecular formula is C15H21NO4S. The molecule has 2 heterocycles. The zero-order chi connectivity index (χ0) is 15.2. The lowest BCUT2D eigenvalue weighted by Crippen LogP contribution is -2.41. The number of benzene rings is 1. The van der Waals surface area contributed by atoms with Crippen LogP contribution in [0.25, 0.3) is 0 Å². The van der Waals surface area contributed by atoms with Crippen molar-refractivity contribution in [1.82, 2.24) is 4.72 Å². The second kappa shape index (κ2) is 5.35. The van der Waals surface area contributed by atoms with E-state index in [9.17, 15) is 13.5 Å². The lowest BCUT2D eigenvalue weighted by Gasteiger charge is -2.21. The molecule has 1 aromatic carbocycles. The van der Waals surface area contributed by atoms with Crippen LogP contribution in [0.15, 0.2) is 17.0 Å². The van der Waals surface area contributed by atoms with E-state index in [-0.39, 0.29) is 29.8 Å². The van der Waals surface area contributed by atoms with Crippen LogP contribution in [0.1, 0.15) is 36.0 Å². The topological polar surface area (TPSA) is 75.6 Å². The summed E-state index contributed by atoms with van der Waals surface area (Å²) in [7, 11) is -3.59. The molecule has 1 aromatic rings. The molecule has 2 saturated heterocycles. The van der Waals surface area contributed by atoms with E-state index in [0.29, 0.717) is 11.1 Å². The van der Waals surface area contributed by atoms with E-state index in [2.05, 4.69) is 4.72 Å². The van der Waals surface area contributed by atoms with Gasteiger partial charge in [-0.15, -0.1) is 0 Å². The molecule has 2 bridgehead atoms. The normalized spacial score (nSPS) is 28.2. The number of aliphatic hydroxyl groups is 1. The van der Waals surface area contributed by atoms with Crippen LogP contribution in [0, 0.1) is 13.8 Å². The van der Waals surface area contributed by atoms with Gasteiger partial charge in [-0.2, -0.15) is 0 Å². The van der Waals surface area contributed by atoms with Gasteiger partial charge in [0.25, 0.3) is 0 Å². The van der Waals surface area contributed by atoms with E-state index in [4.69, 9.17) is 4.74 Å². The van der Waals surface area contributed by atoms with Gasteiger partial charge in [0, 0.05) is 0 Å². The molecule has 2 fully saturated rings. The number of ether oxygens (including phenoxy) is 1. The second-order valence-electron chi connectivity index (χ2n) is 6.04. The lowest BCUT2D eigenvalue weighted by molar-refractivity contribution is 0.0996. The SMILES string of the molecule is Cc1cc(C)c(S(=O)(=O)NC2CC3CCC2O3)cc1CO. The number of aliphatic hydroxyl groups excluding tert-OH is 1. The minimum absolute atomic E-state index is 0.00726. The van der Waals surface area contributed by atoms with Gasteiger partial charge < -0.3 is 9.84 Å². The van der Waals surface area contributed by atoms with Gasteiger partial charge in [0.05, 0.1) is 29.8 Å². The summed E-state index contributed by atoms with van der Waals surface area (Å²) in [5, 5.41) is 9.33. The highest BCUT2D eigenvalue weighted by Gasteiger charge is 2.42. The van der Waals surface area contributed by atoms with Crippen LogP contribution in [0.4, 0.5) is 0 Å². The Hall–Kier alpha value is -0.950. The molecule has 2 aliphatic rings. The van der Waals surface area contributed by atoms with E-state index in [1.54, 1.807) is 19.1 Å². The minimum Gasteiger partial charge on any atom is -0.392 e. The van der Waals surface area contributed by atoms with Crippen LogP contribution in [-0.4, -0.2) is 31.8 Å². The van der Waals surface area contributed by atoms with E-state index < -0.39 is 10.0 Å². The van der Waals surface area contributed by atoms with E-state index in [1.807, 2.05) is 6.92 Å². The molecule has 0 amide bonds. The molecule has 0 spiro atoms. The summed E-state index contributed by atoms with van der Waals surface area (Å²) < 4.78 is 33.7. The highest BCUT2D eigenvalue weighted by molar-refractivity contribution is 7.89. The Balaban J connectivity index is 1.88. The summed E-state index contributed by atoms with van der Waals surface area (Å²) in [6.45, 7) is 3.48. The van der Waals surface area contributed by atoms with Crippen molar-refractivity contribution in [2.45, 2.75) is 62.9 Å². The smallest absolute Gasteiger partial charge is 0.241 e. The Kier molecular flexibility index (Phi) is 3.81. The molecule has 0 radical (unpaired) electrons. The summed E-state index contributed by atoms with van der Waals surface area (Å²) >= 11 is 0. The Morgan fingerprint density at radius 3 is 2.62 bits per heavy atom. The van der Waals surface area contributed by atoms with Gasteiger partial charge in [-0.05, 0) is 55.9 Å². The van der Waals surface area contributed by atoms with Crippen LogP contribution in [0.3, 0.4) is 0 Å². The van der Waals surface area contributed by atoms with Crippen molar-refractivity contribution in [2.75, 3.05) is 0 Å². The Labute approximate surface area is 125 Å². The minimum atomic E-state index is -3.59. The van der Waals surface area contributed by atoms with Crippen molar-refractivity contribution < 1.29 is 18.3 Å². The van der Waals surface area contributed by atoms with Gasteiger partial charge in [0.15, 0.2) is 0 Å². The molecule has 3 unspecified atom stereocenters. The first-order valence-corrected chi connectivity index (χ1v) is 8.78. The Morgan fingerprint density at radius 1 is 1.29 bits per heavy atom. The van der Waals surface area contributed by atoms with Crippen molar-refractivity contribution in [3.63, 3.8) is 0 Å². The third-order valence-corrected chi connectivity index (χ3v) is 6.14. The molecule has 116 valence electrons. The number of rotatable bonds is 4. The molecule has 0 aliphatic carbocycles. The number of fused-ring (bicyclic) bond motifs is 2. The molecule has 6 heteroatoms. The third-order valence-electron chi connectivity index (χ3n) is 4.51. The van der Waals surface area contributed by atoms with Gasteiger partial charge in [-0.1, -0.05) is 6.07 Å². The fourth-order valence-corrected chi connectivity index (χ4v) is 4.91. The van der Waals surface area contributed by atoms with Crippen molar-refractivity contribution >= 4 is 10.0 Å². The zero-order valence-electron chi connectivity index (χ0n) is 12.3. The largest absolute Gasteiger partial charge is 0.392 e. The zero-order valence-corrected chi connectivity index (χ0v) is 13.1. The first kappa shape index (κ1) is 15.0. The molecule has 5 nitrogen and oxygen atoms in total. The Bertz CT molecular complexity index is 656. The quantitative estimate of drug-likeness (QED) is 0.881. The van der Waals surface area contributed by atoms with Crippen LogP contribution < -0.4 is 4.72 Å². The van der Waals surface area contributed by atoms with Crippen molar-refractivity contribution in [1.29, 1.82) is 0 Å². The predicted octanol–water partition coefficient (Wildman–Crippen LogP) is 1.39. The highest BCUT2D eigenvalue weighted by Crippen LogP contribution is 2.35. The molecule has 2 N–H and O–H groups in total. The highest BCUT2D eigenvalue weighted by atomic mass is 32.2. The first-order valence-electron chi connectivity index (χ1n) is 7.29. The maximum absolute atomic E-state index is 12.6. The number of aryl methyl sites for hydroxylation is 2. The summed E-state index contributed by atoms with van der Waals surface area (Å²) in [6, 6.07) is 3.24. The standard InChI is InChI=1S/C15H21NO4S/c1-9-5-10(2)15(6-11(9)8-17)21(18,19)16-13-7-12-3-4-14(13)20-12/h5-6,12-14,16-17H,3-4,7-8H2,1-2H3. The van der Waals surface area contributed by atoms with Crippen molar-refractivity contribution in [3.05, 3.63) is 28.8 Å². The molecule has 0 saturated carbocycles. The first-order chi connectivity index (χ1) is 9.90. The molecule has 0 aromatic heterocycles. The molecule has 3 rings (SSSR count). The van der Waals surface area contributed by atoms with E-state index in [1.165, 1.54) is 0 Å².